The number of anilines is 1. The normalized spacial score (nSPS) is 15.0. The Bertz CT molecular complexity index is 977. The van der Waals surface area contributed by atoms with Crippen LogP contribution in [0.4, 0.5) is 10.5 Å². The van der Waals surface area contributed by atoms with E-state index in [9.17, 15) is 4.79 Å². The number of pyridine rings is 1. The number of benzene rings is 1. The van der Waals surface area contributed by atoms with Crippen molar-refractivity contribution in [2.75, 3.05) is 5.32 Å². The number of carbonyl (C=O) groups is 1. The van der Waals surface area contributed by atoms with E-state index in [1.54, 1.807) is 11.3 Å². The van der Waals surface area contributed by atoms with Crippen LogP contribution in [0.1, 0.15) is 42.8 Å². The molecule has 3 aromatic rings. The van der Waals surface area contributed by atoms with Crippen LogP contribution in [0, 0.1) is 13.8 Å². The quantitative estimate of drug-likeness (QED) is 0.617. The Balaban J connectivity index is 1.53. The summed E-state index contributed by atoms with van der Waals surface area (Å²) in [6.07, 6.45) is 6.89. The number of nitrogens with one attached hydrogen (secondary N) is 1. The summed E-state index contributed by atoms with van der Waals surface area (Å²) in [6, 6.07) is 8.15. The second-order valence-corrected chi connectivity index (χ2v) is 8.30. The first-order chi connectivity index (χ1) is 13.1. The third kappa shape index (κ3) is 4.11. The zero-order valence-electron chi connectivity index (χ0n) is 15.6. The van der Waals surface area contributed by atoms with Crippen LogP contribution in [0.2, 0.25) is 0 Å². The highest BCUT2D eigenvalue weighted by molar-refractivity contribution is 7.18. The zero-order valence-corrected chi connectivity index (χ0v) is 16.4. The molecule has 0 aliphatic heterocycles. The number of carbonyl (C=O) groups excluding carboxylic acids is 1. The van der Waals surface area contributed by atoms with Crippen molar-refractivity contribution in [1.29, 1.82) is 0 Å². The fourth-order valence-electron chi connectivity index (χ4n) is 3.51. The number of thiazole rings is 1. The van der Waals surface area contributed by atoms with Gasteiger partial charge >= 0.3 is 6.09 Å². The van der Waals surface area contributed by atoms with Crippen molar-refractivity contribution in [2.45, 2.75) is 52.1 Å². The van der Waals surface area contributed by atoms with E-state index in [2.05, 4.69) is 21.4 Å². The van der Waals surface area contributed by atoms with Gasteiger partial charge in [-0.15, -0.1) is 11.3 Å². The van der Waals surface area contributed by atoms with E-state index in [1.165, 1.54) is 6.42 Å². The number of ether oxygens (including phenoxy) is 1. The Morgan fingerprint density at radius 2 is 1.96 bits per heavy atom. The number of fused-ring (bicyclic) bond motifs is 1. The molecule has 2 aromatic heterocycles. The first kappa shape index (κ1) is 17.9. The fraction of sp³-hybridized carbons (Fsp3) is 0.381. The smallest absolute Gasteiger partial charge is 0.411 e. The van der Waals surface area contributed by atoms with Gasteiger partial charge in [-0.3, -0.25) is 10.3 Å². The van der Waals surface area contributed by atoms with Gasteiger partial charge in [0.1, 0.15) is 6.10 Å². The number of aromatic nitrogens is 2. The molecule has 6 heteroatoms. The van der Waals surface area contributed by atoms with Crippen LogP contribution in [0.3, 0.4) is 0 Å². The third-order valence-corrected chi connectivity index (χ3v) is 5.91. The summed E-state index contributed by atoms with van der Waals surface area (Å²) < 4.78 is 6.72. The molecule has 0 unspecified atom stereocenters. The monoisotopic (exact) mass is 381 g/mol. The van der Waals surface area contributed by atoms with Crippen molar-refractivity contribution in [3.63, 3.8) is 0 Å². The molecule has 5 nitrogen and oxygen atoms in total. The standard InChI is InChI=1S/C21H23N3O2S/c1-13-19(24-21(25)26-17-6-4-3-5-7-17)10-16(12-22-13)15-8-9-18-20(11-15)27-14(2)23-18/h8-12,17H,3-7H2,1-2H3,(H,24,25). The SMILES string of the molecule is Cc1nc2ccc(-c3cnc(C)c(NC(=O)OC4CCCCC4)c3)cc2s1. The number of rotatable bonds is 3. The zero-order chi connectivity index (χ0) is 18.8. The number of hydrogen-bond donors (Lipinski definition) is 1. The van der Waals surface area contributed by atoms with Crippen LogP contribution in [-0.4, -0.2) is 22.2 Å². The van der Waals surface area contributed by atoms with Crippen LogP contribution in [0.15, 0.2) is 30.5 Å². The highest BCUT2D eigenvalue weighted by Crippen LogP contribution is 2.30. The lowest BCUT2D eigenvalue weighted by Crippen LogP contribution is -2.24. The van der Waals surface area contributed by atoms with Crippen molar-refractivity contribution in [2.24, 2.45) is 0 Å². The molecule has 0 bridgehead atoms. The molecule has 1 fully saturated rings. The summed E-state index contributed by atoms with van der Waals surface area (Å²) in [5, 5.41) is 3.93. The van der Waals surface area contributed by atoms with E-state index in [4.69, 9.17) is 4.74 Å². The van der Waals surface area contributed by atoms with Gasteiger partial charge in [-0.2, -0.15) is 0 Å². The molecule has 1 N–H and O–H groups in total. The van der Waals surface area contributed by atoms with Gasteiger partial charge in [0.15, 0.2) is 0 Å². The lowest BCUT2D eigenvalue weighted by atomic mass is 9.98. The maximum absolute atomic E-state index is 12.3. The Morgan fingerprint density at radius 1 is 1.15 bits per heavy atom. The summed E-state index contributed by atoms with van der Waals surface area (Å²) in [5.41, 5.74) is 4.49. The molecular formula is C21H23N3O2S. The second kappa shape index (κ2) is 7.64. The second-order valence-electron chi connectivity index (χ2n) is 7.06. The molecule has 1 aliphatic carbocycles. The lowest BCUT2D eigenvalue weighted by Gasteiger charge is -2.22. The van der Waals surface area contributed by atoms with Crippen molar-refractivity contribution in [3.8, 4) is 11.1 Å². The summed E-state index contributed by atoms with van der Waals surface area (Å²) in [6.45, 7) is 3.90. The van der Waals surface area contributed by atoms with Crippen molar-refractivity contribution >= 4 is 33.3 Å². The van der Waals surface area contributed by atoms with E-state index in [-0.39, 0.29) is 6.10 Å². The number of nitrogens with zero attached hydrogens (tertiary/aromatic N) is 2. The van der Waals surface area contributed by atoms with Crippen LogP contribution >= 0.6 is 11.3 Å². The fourth-order valence-corrected chi connectivity index (χ4v) is 4.38. The molecule has 1 saturated carbocycles. The highest BCUT2D eigenvalue weighted by atomic mass is 32.1. The maximum atomic E-state index is 12.3. The Morgan fingerprint density at radius 3 is 2.78 bits per heavy atom. The van der Waals surface area contributed by atoms with Gasteiger partial charge in [0.05, 0.1) is 26.6 Å². The number of amides is 1. The lowest BCUT2D eigenvalue weighted by molar-refractivity contribution is 0.0865. The minimum Gasteiger partial charge on any atom is -0.446 e. The van der Waals surface area contributed by atoms with Gasteiger partial charge < -0.3 is 4.74 Å². The Hall–Kier alpha value is -2.47. The average Bonchev–Trinajstić information content (AvgIpc) is 3.03. The van der Waals surface area contributed by atoms with Crippen LogP contribution in [0.25, 0.3) is 21.3 Å². The first-order valence-electron chi connectivity index (χ1n) is 9.40. The Labute approximate surface area is 162 Å². The molecular weight excluding hydrogens is 358 g/mol. The van der Waals surface area contributed by atoms with Gasteiger partial charge in [0.2, 0.25) is 0 Å². The molecule has 140 valence electrons. The number of aryl methyl sites for hydroxylation is 2. The molecule has 0 atom stereocenters. The van der Waals surface area contributed by atoms with Crippen LogP contribution in [0.5, 0.6) is 0 Å². The molecule has 27 heavy (non-hydrogen) atoms. The van der Waals surface area contributed by atoms with Crippen LogP contribution in [-0.2, 0) is 4.74 Å². The predicted octanol–water partition coefficient (Wildman–Crippen LogP) is 5.86. The molecule has 2 heterocycles. The van der Waals surface area contributed by atoms with Crippen molar-refractivity contribution in [1.82, 2.24) is 9.97 Å². The Kier molecular flexibility index (Phi) is 5.07. The van der Waals surface area contributed by atoms with Crippen molar-refractivity contribution < 1.29 is 9.53 Å². The molecule has 1 amide bonds. The van der Waals surface area contributed by atoms with E-state index in [1.807, 2.05) is 38.2 Å². The largest absolute Gasteiger partial charge is 0.446 e. The van der Waals surface area contributed by atoms with Gasteiger partial charge in [-0.1, -0.05) is 12.5 Å². The van der Waals surface area contributed by atoms with Gasteiger partial charge in [0.25, 0.3) is 0 Å². The molecule has 0 radical (unpaired) electrons. The molecule has 1 aromatic carbocycles. The predicted molar refractivity (Wildman–Crippen MR) is 109 cm³/mol. The van der Waals surface area contributed by atoms with Gasteiger partial charge in [0, 0.05) is 11.8 Å². The van der Waals surface area contributed by atoms with Gasteiger partial charge in [-0.25, -0.2) is 9.78 Å². The average molecular weight is 382 g/mol. The molecule has 0 spiro atoms. The van der Waals surface area contributed by atoms with E-state index < -0.39 is 6.09 Å². The summed E-state index contributed by atoms with van der Waals surface area (Å²) in [4.78, 5) is 21.3. The van der Waals surface area contributed by atoms with Crippen LogP contribution < -0.4 is 5.32 Å². The third-order valence-electron chi connectivity index (χ3n) is 4.98. The van der Waals surface area contributed by atoms with E-state index >= 15 is 0 Å². The van der Waals surface area contributed by atoms with Gasteiger partial charge in [-0.05, 0) is 63.3 Å². The summed E-state index contributed by atoms with van der Waals surface area (Å²) in [5.74, 6) is 0. The first-order valence-corrected chi connectivity index (χ1v) is 10.2. The molecule has 1 aliphatic rings. The summed E-state index contributed by atoms with van der Waals surface area (Å²) >= 11 is 1.68. The number of hydrogen-bond acceptors (Lipinski definition) is 5. The van der Waals surface area contributed by atoms with Crippen molar-refractivity contribution in [3.05, 3.63) is 41.2 Å². The van der Waals surface area contributed by atoms with E-state index in [0.29, 0.717) is 5.69 Å². The minimum atomic E-state index is -0.391. The minimum absolute atomic E-state index is 0.0344. The molecule has 4 rings (SSSR count). The maximum Gasteiger partial charge on any atom is 0.411 e. The summed E-state index contributed by atoms with van der Waals surface area (Å²) in [7, 11) is 0. The molecule has 0 saturated heterocycles. The topological polar surface area (TPSA) is 64.1 Å². The highest BCUT2D eigenvalue weighted by Gasteiger charge is 2.18. The van der Waals surface area contributed by atoms with E-state index in [0.717, 1.165) is 57.7 Å².